The number of nitrogens with zero attached hydrogens (tertiary/aromatic N) is 4. The van der Waals surface area contributed by atoms with Crippen LogP contribution in [0.25, 0.3) is 22.0 Å². The van der Waals surface area contributed by atoms with E-state index in [1.165, 1.54) is 0 Å². The lowest BCUT2D eigenvalue weighted by atomic mass is 9.92. The van der Waals surface area contributed by atoms with Gasteiger partial charge in [-0.1, -0.05) is 0 Å². The van der Waals surface area contributed by atoms with Crippen molar-refractivity contribution in [2.45, 2.75) is 58.6 Å². The number of anilines is 2. The third kappa shape index (κ3) is 4.21. The number of pyridine rings is 1. The molecule has 1 unspecified atom stereocenters. The topological polar surface area (TPSA) is 52.3 Å². The van der Waals surface area contributed by atoms with Gasteiger partial charge in [-0.2, -0.15) is 5.10 Å². The molecule has 1 saturated heterocycles. The van der Waals surface area contributed by atoms with E-state index in [-0.39, 0.29) is 17.4 Å². The third-order valence-electron chi connectivity index (χ3n) is 7.90. The molecule has 8 heteroatoms. The Morgan fingerprint density at radius 1 is 1.05 bits per heavy atom. The van der Waals surface area contributed by atoms with Gasteiger partial charge in [0, 0.05) is 54.2 Å². The summed E-state index contributed by atoms with van der Waals surface area (Å²) in [5, 5.41) is 5.41. The van der Waals surface area contributed by atoms with Gasteiger partial charge in [0.15, 0.2) is 0 Å². The van der Waals surface area contributed by atoms with Crippen LogP contribution in [-0.4, -0.2) is 27.5 Å². The normalized spacial score (nSPS) is 17.8. The van der Waals surface area contributed by atoms with Gasteiger partial charge in [0.05, 0.1) is 17.4 Å². The molecule has 0 spiro atoms. The molecule has 0 aliphatic carbocycles. The number of benzene rings is 2. The molecule has 1 fully saturated rings. The van der Waals surface area contributed by atoms with Crippen LogP contribution in [-0.2, 0) is 18.2 Å². The van der Waals surface area contributed by atoms with Crippen LogP contribution in [0.3, 0.4) is 0 Å². The van der Waals surface area contributed by atoms with E-state index in [9.17, 15) is 13.6 Å². The second-order valence-electron chi connectivity index (χ2n) is 10.6. The zero-order valence-electron chi connectivity index (χ0n) is 22.0. The molecule has 198 valence electrons. The molecule has 0 bridgehead atoms. The van der Waals surface area contributed by atoms with Crippen LogP contribution in [0.2, 0.25) is 0 Å². The van der Waals surface area contributed by atoms with Crippen LogP contribution in [0.15, 0.2) is 47.5 Å². The first-order chi connectivity index (χ1) is 18.3. The number of fused-ring (bicyclic) bond motifs is 2. The molecule has 4 heterocycles. The van der Waals surface area contributed by atoms with Gasteiger partial charge in [0.1, 0.15) is 6.23 Å². The Bertz CT molecular complexity index is 1580. The molecule has 4 aromatic rings. The summed E-state index contributed by atoms with van der Waals surface area (Å²) in [6.07, 6.45) is 5.41. The molecule has 0 radical (unpaired) electrons. The molecule has 1 atom stereocenters. The van der Waals surface area contributed by atoms with Crippen LogP contribution in [0.5, 0.6) is 0 Å². The molecule has 2 aromatic carbocycles. The lowest BCUT2D eigenvalue weighted by Gasteiger charge is -2.34. The van der Waals surface area contributed by atoms with Gasteiger partial charge in [-0.25, -0.2) is 13.5 Å². The third-order valence-corrected chi connectivity index (χ3v) is 7.90. The van der Waals surface area contributed by atoms with E-state index >= 15 is 0 Å². The van der Waals surface area contributed by atoms with Gasteiger partial charge >= 0.3 is 0 Å². The minimum absolute atomic E-state index is 0.000279. The quantitative estimate of drug-likeness (QED) is 0.300. The van der Waals surface area contributed by atoms with Gasteiger partial charge < -0.3 is 14.2 Å². The average molecular weight is 519 g/mol. The fraction of sp³-hybridized carbons (Fsp3) is 0.400. The summed E-state index contributed by atoms with van der Waals surface area (Å²) in [5.41, 5.74) is 6.46. The molecule has 0 amide bonds. The SMILES string of the molecule is Cc1cc(N2CCCc3cc(-c4cnn(C5CCCCO5)c4)c(C(F)F)cc32)c2cc(C)c(=O)n(C)c2c1. The maximum Gasteiger partial charge on any atom is 0.264 e. The highest BCUT2D eigenvalue weighted by atomic mass is 19.3. The Morgan fingerprint density at radius 3 is 2.66 bits per heavy atom. The Morgan fingerprint density at radius 2 is 1.89 bits per heavy atom. The van der Waals surface area contributed by atoms with Crippen molar-refractivity contribution in [2.75, 3.05) is 18.1 Å². The van der Waals surface area contributed by atoms with Gasteiger partial charge in [0.25, 0.3) is 12.0 Å². The second kappa shape index (κ2) is 9.66. The van der Waals surface area contributed by atoms with E-state index in [1.54, 1.807) is 28.6 Å². The predicted molar refractivity (Wildman–Crippen MR) is 145 cm³/mol. The Kier molecular flexibility index (Phi) is 6.30. The molecule has 0 saturated carbocycles. The number of alkyl halides is 2. The lowest BCUT2D eigenvalue weighted by molar-refractivity contribution is -0.0394. The summed E-state index contributed by atoms with van der Waals surface area (Å²) in [6, 6.07) is 9.60. The summed E-state index contributed by atoms with van der Waals surface area (Å²) >= 11 is 0. The molecule has 2 aromatic heterocycles. The summed E-state index contributed by atoms with van der Waals surface area (Å²) in [4.78, 5) is 14.8. The highest BCUT2D eigenvalue weighted by molar-refractivity contribution is 5.96. The fourth-order valence-corrected chi connectivity index (χ4v) is 5.96. The van der Waals surface area contributed by atoms with E-state index in [4.69, 9.17) is 4.74 Å². The molecule has 6 rings (SSSR count). The minimum atomic E-state index is -2.63. The van der Waals surface area contributed by atoms with E-state index < -0.39 is 6.43 Å². The molecular weight excluding hydrogens is 486 g/mol. The Labute approximate surface area is 220 Å². The summed E-state index contributed by atoms with van der Waals surface area (Å²) in [6.45, 7) is 5.22. The van der Waals surface area contributed by atoms with E-state index in [1.807, 2.05) is 38.2 Å². The van der Waals surface area contributed by atoms with Crippen molar-refractivity contribution >= 4 is 22.3 Å². The molecule has 2 aliphatic heterocycles. The van der Waals surface area contributed by atoms with Crippen LogP contribution >= 0.6 is 0 Å². The number of rotatable bonds is 4. The first-order valence-electron chi connectivity index (χ1n) is 13.3. The van der Waals surface area contributed by atoms with Crippen LogP contribution in [0.1, 0.15) is 60.6 Å². The van der Waals surface area contributed by atoms with E-state index in [0.29, 0.717) is 29.8 Å². The number of aromatic nitrogens is 3. The first kappa shape index (κ1) is 24.8. The standard InChI is InChI=1S/C30H32F2N4O2/c1-18-11-26-24(13-19(2)30(37)34(26)3)27(12-18)35-9-6-7-20-14-22(23(29(31)32)15-25(20)35)21-16-33-36(17-21)28-8-4-5-10-38-28/h11-17,28-29H,4-10H2,1-3H3. The van der Waals surface area contributed by atoms with Crippen molar-refractivity contribution in [3.8, 4) is 11.1 Å². The highest BCUT2D eigenvalue weighted by Crippen LogP contribution is 2.43. The maximum absolute atomic E-state index is 14.5. The number of hydrogen-bond donors (Lipinski definition) is 0. The predicted octanol–water partition coefficient (Wildman–Crippen LogP) is 6.74. The highest BCUT2D eigenvalue weighted by Gasteiger charge is 2.27. The van der Waals surface area contributed by atoms with Crippen molar-refractivity contribution in [3.63, 3.8) is 0 Å². The van der Waals surface area contributed by atoms with Crippen molar-refractivity contribution in [1.82, 2.24) is 14.3 Å². The van der Waals surface area contributed by atoms with Crippen molar-refractivity contribution in [1.29, 1.82) is 0 Å². The van der Waals surface area contributed by atoms with Gasteiger partial charge in [0.2, 0.25) is 0 Å². The monoisotopic (exact) mass is 518 g/mol. The Hall–Kier alpha value is -3.52. The summed E-state index contributed by atoms with van der Waals surface area (Å²) < 4.78 is 38.3. The molecular formula is C30H32F2N4O2. The van der Waals surface area contributed by atoms with Crippen molar-refractivity contribution < 1.29 is 13.5 Å². The summed E-state index contributed by atoms with van der Waals surface area (Å²) in [7, 11) is 1.78. The number of aryl methyl sites for hydroxylation is 4. The molecule has 6 nitrogen and oxygen atoms in total. The molecule has 38 heavy (non-hydrogen) atoms. The van der Waals surface area contributed by atoms with Crippen molar-refractivity contribution in [3.05, 3.63) is 75.3 Å². The average Bonchev–Trinajstić information content (AvgIpc) is 3.42. The summed E-state index contributed by atoms with van der Waals surface area (Å²) in [5.74, 6) is 0. The Balaban J connectivity index is 1.48. The van der Waals surface area contributed by atoms with Gasteiger partial charge in [-0.15, -0.1) is 0 Å². The smallest absolute Gasteiger partial charge is 0.264 e. The first-order valence-corrected chi connectivity index (χ1v) is 13.3. The molecule has 0 N–H and O–H groups in total. The van der Waals surface area contributed by atoms with Crippen LogP contribution < -0.4 is 10.5 Å². The maximum atomic E-state index is 14.5. The second-order valence-corrected chi connectivity index (χ2v) is 10.6. The minimum Gasteiger partial charge on any atom is -0.357 e. The zero-order chi connectivity index (χ0) is 26.6. The van der Waals surface area contributed by atoms with Crippen molar-refractivity contribution in [2.24, 2.45) is 7.05 Å². The van der Waals surface area contributed by atoms with Crippen LogP contribution in [0.4, 0.5) is 20.2 Å². The van der Waals surface area contributed by atoms with Crippen LogP contribution in [0, 0.1) is 13.8 Å². The van der Waals surface area contributed by atoms with E-state index in [0.717, 1.165) is 65.5 Å². The number of hydrogen-bond acceptors (Lipinski definition) is 4. The molecule has 2 aliphatic rings. The van der Waals surface area contributed by atoms with Gasteiger partial charge in [-0.3, -0.25) is 4.79 Å². The fourth-order valence-electron chi connectivity index (χ4n) is 5.96. The lowest BCUT2D eigenvalue weighted by Crippen LogP contribution is -2.26. The van der Waals surface area contributed by atoms with E-state index in [2.05, 4.69) is 16.1 Å². The zero-order valence-corrected chi connectivity index (χ0v) is 22.0. The number of ether oxygens (including phenoxy) is 1. The largest absolute Gasteiger partial charge is 0.357 e. The van der Waals surface area contributed by atoms with Gasteiger partial charge in [-0.05, 0) is 93.0 Å². The number of halogens is 2.